The van der Waals surface area contributed by atoms with Gasteiger partial charge in [-0.25, -0.2) is 9.98 Å². The van der Waals surface area contributed by atoms with Crippen molar-refractivity contribution in [3.05, 3.63) is 0 Å². The van der Waals surface area contributed by atoms with E-state index in [1.54, 1.807) is 0 Å². The molecule has 0 amide bonds. The molecule has 0 aromatic heterocycles. The summed E-state index contributed by atoms with van der Waals surface area (Å²) in [5.74, 6) is 2.27. The molecule has 0 aromatic carbocycles. The van der Waals surface area contributed by atoms with Crippen molar-refractivity contribution >= 4 is 17.9 Å². The van der Waals surface area contributed by atoms with Crippen LogP contribution in [0.5, 0.6) is 0 Å². The van der Waals surface area contributed by atoms with Gasteiger partial charge in [0.1, 0.15) is 0 Å². The maximum absolute atomic E-state index is 5.63. The zero-order valence-corrected chi connectivity index (χ0v) is 41.9. The summed E-state index contributed by atoms with van der Waals surface area (Å²) in [5, 5.41) is 10.2. The Morgan fingerprint density at radius 3 is 1.48 bits per heavy atom. The Kier molecular flexibility index (Phi) is 34.8. The monoisotopic (exact) mass is 913 g/mol. The van der Waals surface area contributed by atoms with E-state index in [0.717, 1.165) is 96.6 Å². The first-order chi connectivity index (χ1) is 32.0. The summed E-state index contributed by atoms with van der Waals surface area (Å²) in [7, 11) is 0. The Hall–Kier alpha value is -2.32. The van der Waals surface area contributed by atoms with E-state index < -0.39 is 0 Å². The first kappa shape index (κ1) is 57.0. The topological polar surface area (TPSA) is 222 Å². The molecule has 0 atom stereocenters. The van der Waals surface area contributed by atoms with Crippen LogP contribution in [0.3, 0.4) is 0 Å². The first-order valence-electron chi connectivity index (χ1n) is 27.6. The molecule has 14 nitrogen and oxygen atoms in total. The molecule has 378 valence electrons. The van der Waals surface area contributed by atoms with Gasteiger partial charge in [-0.2, -0.15) is 0 Å². The second-order valence-corrected chi connectivity index (χ2v) is 19.8. The van der Waals surface area contributed by atoms with Gasteiger partial charge in [-0.3, -0.25) is 9.98 Å². The third-order valence-corrected chi connectivity index (χ3v) is 13.8. The highest BCUT2D eigenvalue weighted by Gasteiger charge is 2.21. The maximum Gasteiger partial charge on any atom is 0.194 e. The molecule has 0 radical (unpaired) electrons. The number of aliphatic imine (C=N–C) groups is 4. The fourth-order valence-electron chi connectivity index (χ4n) is 9.69. The fourth-order valence-corrected chi connectivity index (χ4v) is 9.69. The molecule has 5 aliphatic carbocycles. The Morgan fingerprint density at radius 1 is 0.538 bits per heavy atom. The predicted octanol–water partition coefficient (Wildman–Crippen LogP) is 7.02. The molecule has 14 heteroatoms. The molecule has 65 heavy (non-hydrogen) atoms. The van der Waals surface area contributed by atoms with Gasteiger partial charge in [0, 0.05) is 63.9 Å². The van der Waals surface area contributed by atoms with Crippen LogP contribution in [-0.4, -0.2) is 136 Å². The summed E-state index contributed by atoms with van der Waals surface area (Å²) in [4.78, 5) is 22.7. The average Bonchev–Trinajstić information content (AvgIpc) is 3.36. The molecule has 0 unspecified atom stereocenters. The normalized spacial score (nSPS) is 22.2. The average molecular weight is 913 g/mol. The van der Waals surface area contributed by atoms with Gasteiger partial charge in [0.15, 0.2) is 11.9 Å². The highest BCUT2D eigenvalue weighted by Crippen LogP contribution is 2.22. The number of nitrogens with two attached hydrogens (primary N) is 5. The summed E-state index contributed by atoms with van der Waals surface area (Å²) >= 11 is 0. The van der Waals surface area contributed by atoms with Crippen molar-refractivity contribution in [2.75, 3.05) is 78.5 Å². The summed E-state index contributed by atoms with van der Waals surface area (Å²) in [6.07, 6.45) is 40.1. The largest absolute Gasteiger partial charge is 0.356 e. The van der Waals surface area contributed by atoms with E-state index in [4.69, 9.17) is 28.7 Å². The van der Waals surface area contributed by atoms with E-state index in [1.807, 2.05) is 0 Å². The Labute approximate surface area is 398 Å². The van der Waals surface area contributed by atoms with Gasteiger partial charge in [0.25, 0.3) is 0 Å². The number of hydrogen-bond donors (Lipinski definition) is 8. The Morgan fingerprint density at radius 2 is 1.00 bits per heavy atom. The van der Waals surface area contributed by atoms with Crippen LogP contribution in [0, 0.1) is 0 Å². The third kappa shape index (κ3) is 29.2. The van der Waals surface area contributed by atoms with E-state index >= 15 is 0 Å². The SMILES string of the molecule is C(=NC1CCCCC1)=NC1CCCCC1.C1CN=C2NCCCN2C1.NC1CCCCC1.NC1CCCCC1.NCCCN1CCCN=C1NC1CCCCC1.NCCCNCCCN. The van der Waals surface area contributed by atoms with Crippen molar-refractivity contribution in [1.29, 1.82) is 0 Å². The molecule has 1 saturated heterocycles. The maximum atomic E-state index is 5.63. The summed E-state index contributed by atoms with van der Waals surface area (Å²) < 4.78 is 0. The van der Waals surface area contributed by atoms with Crippen molar-refractivity contribution < 1.29 is 0 Å². The molecule has 8 aliphatic rings. The Balaban J connectivity index is 0.000000214. The zero-order valence-electron chi connectivity index (χ0n) is 41.9. The van der Waals surface area contributed by atoms with Crippen molar-refractivity contribution in [1.82, 2.24) is 25.8 Å². The second kappa shape index (κ2) is 39.7. The Bertz CT molecular complexity index is 1170. The quantitative estimate of drug-likeness (QED) is 0.0739. The number of fused-ring (bicyclic) bond motifs is 1. The highest BCUT2D eigenvalue weighted by atomic mass is 15.3. The van der Waals surface area contributed by atoms with Crippen LogP contribution >= 0.6 is 0 Å². The minimum Gasteiger partial charge on any atom is -0.356 e. The number of nitrogens with one attached hydrogen (secondary N) is 3. The van der Waals surface area contributed by atoms with Crippen molar-refractivity contribution in [2.45, 2.75) is 229 Å². The molecular formula is C51H104N14. The minimum atomic E-state index is 0.533. The van der Waals surface area contributed by atoms with Crippen LogP contribution < -0.4 is 44.6 Å². The predicted molar refractivity (Wildman–Crippen MR) is 279 cm³/mol. The highest BCUT2D eigenvalue weighted by molar-refractivity contribution is 5.81. The van der Waals surface area contributed by atoms with E-state index in [2.05, 4.69) is 51.7 Å². The van der Waals surface area contributed by atoms with Crippen LogP contribution in [-0.2, 0) is 0 Å². The lowest BCUT2D eigenvalue weighted by Gasteiger charge is -2.33. The first-order valence-corrected chi connectivity index (χ1v) is 27.6. The molecule has 8 rings (SSSR count). The van der Waals surface area contributed by atoms with Crippen molar-refractivity contribution in [3.63, 3.8) is 0 Å². The summed E-state index contributed by atoms with van der Waals surface area (Å²) in [6, 6.07) is 5.77. The number of hydrogen-bond acceptors (Lipinski definition) is 14. The van der Waals surface area contributed by atoms with Crippen LogP contribution in [0.15, 0.2) is 20.0 Å². The molecule has 5 saturated carbocycles. The molecule has 3 heterocycles. The van der Waals surface area contributed by atoms with Crippen molar-refractivity contribution in [2.24, 2.45) is 48.6 Å². The molecule has 13 N–H and O–H groups in total. The van der Waals surface area contributed by atoms with E-state index in [9.17, 15) is 0 Å². The van der Waals surface area contributed by atoms with Gasteiger partial charge in [-0.1, -0.05) is 96.3 Å². The lowest BCUT2D eigenvalue weighted by Crippen LogP contribution is -2.49. The molecule has 0 aromatic rings. The minimum absolute atomic E-state index is 0.533. The lowest BCUT2D eigenvalue weighted by molar-refractivity contribution is 0.346. The van der Waals surface area contributed by atoms with Crippen LogP contribution in [0.1, 0.15) is 199 Å². The van der Waals surface area contributed by atoms with Crippen LogP contribution in [0.2, 0.25) is 0 Å². The standard InChI is InChI=1S/C13H26N4.C13H22N2.C7H13N3.C6H17N3.2C6H13N/c14-8-4-10-17-11-5-9-15-13(17)16-12-6-2-1-3-7-12;1-3-7-12(8-4-1)14-11-15-13-9-5-2-6-10-13;1-3-8-7-9-4-2-6-10(7)5-1;7-3-1-5-9-6-2-4-8;2*7-6-4-2-1-3-5-6/h12H,1-11,14H2,(H,15,16);12-13H,1-10H2;1-6H2,(H,8,9);9H,1-8H2;2*6H,1-5,7H2. The number of nitrogens with zero attached hydrogens (tertiary/aromatic N) is 6. The summed E-state index contributed by atoms with van der Waals surface area (Å²) in [6.45, 7) is 12.1. The van der Waals surface area contributed by atoms with Gasteiger partial charge >= 0.3 is 0 Å². The van der Waals surface area contributed by atoms with Crippen molar-refractivity contribution in [3.8, 4) is 0 Å². The van der Waals surface area contributed by atoms with E-state index in [0.29, 0.717) is 30.2 Å². The lowest BCUT2D eigenvalue weighted by atomic mass is 9.95. The smallest absolute Gasteiger partial charge is 0.194 e. The van der Waals surface area contributed by atoms with E-state index in [-0.39, 0.29) is 0 Å². The fraction of sp³-hybridized carbons (Fsp3) is 0.941. The molecule has 6 fully saturated rings. The molecular weight excluding hydrogens is 809 g/mol. The van der Waals surface area contributed by atoms with Gasteiger partial charge < -0.3 is 54.4 Å². The van der Waals surface area contributed by atoms with Gasteiger partial charge in [0.2, 0.25) is 0 Å². The number of rotatable bonds is 12. The van der Waals surface area contributed by atoms with Crippen LogP contribution in [0.25, 0.3) is 0 Å². The van der Waals surface area contributed by atoms with Crippen LogP contribution in [0.4, 0.5) is 0 Å². The van der Waals surface area contributed by atoms with E-state index in [1.165, 1.54) is 193 Å². The molecule has 3 aliphatic heterocycles. The van der Waals surface area contributed by atoms with Gasteiger partial charge in [-0.05, 0) is 135 Å². The molecule has 0 spiro atoms. The molecule has 0 bridgehead atoms. The van der Waals surface area contributed by atoms with Gasteiger partial charge in [0.05, 0.1) is 18.1 Å². The second-order valence-electron chi connectivity index (χ2n) is 19.8. The third-order valence-electron chi connectivity index (χ3n) is 13.8. The number of guanidine groups is 2. The van der Waals surface area contributed by atoms with Gasteiger partial charge in [-0.15, -0.1) is 0 Å². The summed E-state index contributed by atoms with van der Waals surface area (Å²) in [5.41, 5.74) is 27.4. The zero-order chi connectivity index (χ0) is 46.3.